The van der Waals surface area contributed by atoms with Crippen molar-refractivity contribution in [2.24, 2.45) is 0 Å². The van der Waals surface area contributed by atoms with E-state index in [1.165, 1.54) is 0 Å². The molecule has 1 aromatic rings. The summed E-state index contributed by atoms with van der Waals surface area (Å²) in [5, 5.41) is 8.78. The average Bonchev–Trinajstić information content (AvgIpc) is 2.48. The number of allylic oxidation sites excluding steroid dienone is 1. The molecule has 19 heavy (non-hydrogen) atoms. The van der Waals surface area contributed by atoms with Crippen LogP contribution in [0.1, 0.15) is 43.6 Å². The number of nitrogens with zero attached hydrogens (tertiary/aromatic N) is 1. The normalized spacial score (nSPS) is 23.4. The van der Waals surface area contributed by atoms with Gasteiger partial charge in [0.15, 0.2) is 6.29 Å². The Morgan fingerprint density at radius 2 is 2.16 bits per heavy atom. The first kappa shape index (κ1) is 13.8. The van der Waals surface area contributed by atoms with Gasteiger partial charge in [-0.25, -0.2) is 0 Å². The molecule has 2 atom stereocenters. The molecule has 100 valence electrons. The van der Waals surface area contributed by atoms with Gasteiger partial charge in [0.25, 0.3) is 0 Å². The number of rotatable bonds is 4. The third-order valence-electron chi connectivity index (χ3n) is 3.09. The summed E-state index contributed by atoms with van der Waals surface area (Å²) in [6, 6.07) is 9.47. The standard InChI is InChI=1S/C16H19NO2/c1-2-3-4-5-15-10-11-18-16(19-15)14-8-6-13(12-17)7-9-14/h4-9,15-16H,2-3,10-11H2,1H3. The predicted molar refractivity (Wildman–Crippen MR) is 73.4 cm³/mol. The molecule has 0 aromatic heterocycles. The van der Waals surface area contributed by atoms with E-state index in [-0.39, 0.29) is 12.4 Å². The summed E-state index contributed by atoms with van der Waals surface area (Å²) in [7, 11) is 0. The molecule has 0 radical (unpaired) electrons. The second-order valence-corrected chi connectivity index (χ2v) is 4.62. The molecular weight excluding hydrogens is 238 g/mol. The second-order valence-electron chi connectivity index (χ2n) is 4.62. The molecule has 3 nitrogen and oxygen atoms in total. The minimum absolute atomic E-state index is 0.126. The van der Waals surface area contributed by atoms with E-state index in [0.29, 0.717) is 12.2 Å². The molecule has 0 N–H and O–H groups in total. The molecule has 1 aromatic carbocycles. The van der Waals surface area contributed by atoms with E-state index in [4.69, 9.17) is 14.7 Å². The van der Waals surface area contributed by atoms with Crippen LogP contribution in [0.15, 0.2) is 36.4 Å². The first-order chi connectivity index (χ1) is 9.33. The zero-order chi connectivity index (χ0) is 13.5. The first-order valence-corrected chi connectivity index (χ1v) is 6.77. The van der Waals surface area contributed by atoms with Gasteiger partial charge in [0.05, 0.1) is 24.3 Å². The van der Waals surface area contributed by atoms with Crippen LogP contribution in [0.25, 0.3) is 0 Å². The van der Waals surface area contributed by atoms with Crippen molar-refractivity contribution >= 4 is 0 Å². The lowest BCUT2D eigenvalue weighted by Crippen LogP contribution is -2.25. The molecule has 1 saturated heterocycles. The molecular formula is C16H19NO2. The molecule has 0 bridgehead atoms. The number of nitriles is 1. The average molecular weight is 257 g/mol. The Morgan fingerprint density at radius 1 is 1.37 bits per heavy atom. The molecule has 0 aliphatic carbocycles. The van der Waals surface area contributed by atoms with Crippen molar-refractivity contribution in [1.82, 2.24) is 0 Å². The minimum atomic E-state index is -0.322. The van der Waals surface area contributed by atoms with Gasteiger partial charge in [-0.2, -0.15) is 5.26 Å². The highest BCUT2D eigenvalue weighted by atomic mass is 16.7. The molecule has 1 aliphatic heterocycles. The Hall–Kier alpha value is -1.63. The van der Waals surface area contributed by atoms with E-state index in [9.17, 15) is 0 Å². The van der Waals surface area contributed by atoms with Crippen molar-refractivity contribution in [2.75, 3.05) is 6.61 Å². The van der Waals surface area contributed by atoms with Gasteiger partial charge in [-0.3, -0.25) is 0 Å². The summed E-state index contributed by atoms with van der Waals surface area (Å²) < 4.78 is 11.5. The van der Waals surface area contributed by atoms with Crippen LogP contribution < -0.4 is 0 Å². The van der Waals surface area contributed by atoms with Crippen LogP contribution in [0.4, 0.5) is 0 Å². The molecule has 0 amide bonds. The van der Waals surface area contributed by atoms with E-state index < -0.39 is 0 Å². The maximum Gasteiger partial charge on any atom is 0.184 e. The lowest BCUT2D eigenvalue weighted by Gasteiger charge is -2.29. The third kappa shape index (κ3) is 3.92. The lowest BCUT2D eigenvalue weighted by atomic mass is 10.1. The number of benzene rings is 1. The van der Waals surface area contributed by atoms with Gasteiger partial charge in [0.1, 0.15) is 0 Å². The monoisotopic (exact) mass is 257 g/mol. The molecule has 1 aliphatic rings. The van der Waals surface area contributed by atoms with Crippen molar-refractivity contribution in [3.05, 3.63) is 47.5 Å². The van der Waals surface area contributed by atoms with E-state index in [0.717, 1.165) is 24.8 Å². The number of hydrogen-bond donors (Lipinski definition) is 0. The van der Waals surface area contributed by atoms with Crippen LogP contribution in [0.2, 0.25) is 0 Å². The van der Waals surface area contributed by atoms with Crippen LogP contribution in [0.5, 0.6) is 0 Å². The summed E-state index contributed by atoms with van der Waals surface area (Å²) in [6.45, 7) is 2.86. The van der Waals surface area contributed by atoms with Crippen molar-refractivity contribution in [2.45, 2.75) is 38.6 Å². The van der Waals surface area contributed by atoms with E-state index in [1.807, 2.05) is 12.1 Å². The number of hydrogen-bond acceptors (Lipinski definition) is 3. The highest BCUT2D eigenvalue weighted by Gasteiger charge is 2.22. The topological polar surface area (TPSA) is 42.2 Å². The molecule has 2 rings (SSSR count). The lowest BCUT2D eigenvalue weighted by molar-refractivity contribution is -0.204. The maximum absolute atomic E-state index is 8.78. The maximum atomic E-state index is 8.78. The van der Waals surface area contributed by atoms with Gasteiger partial charge in [-0.05, 0) is 18.6 Å². The molecule has 3 heteroatoms. The Bertz CT molecular complexity index is 459. The Kier molecular flexibility index (Phi) is 5.14. The van der Waals surface area contributed by atoms with Crippen LogP contribution in [-0.4, -0.2) is 12.7 Å². The van der Waals surface area contributed by atoms with Crippen LogP contribution in [0.3, 0.4) is 0 Å². The Morgan fingerprint density at radius 3 is 2.84 bits per heavy atom. The molecule has 2 unspecified atom stereocenters. The fourth-order valence-electron chi connectivity index (χ4n) is 2.00. The quantitative estimate of drug-likeness (QED) is 0.772. The fraction of sp³-hybridized carbons (Fsp3) is 0.438. The van der Waals surface area contributed by atoms with Crippen molar-refractivity contribution in [3.63, 3.8) is 0 Å². The largest absolute Gasteiger partial charge is 0.348 e. The molecule has 0 spiro atoms. The minimum Gasteiger partial charge on any atom is -0.348 e. The Labute approximate surface area is 114 Å². The van der Waals surface area contributed by atoms with Crippen molar-refractivity contribution in [1.29, 1.82) is 5.26 Å². The van der Waals surface area contributed by atoms with Crippen molar-refractivity contribution in [3.8, 4) is 6.07 Å². The summed E-state index contributed by atoms with van der Waals surface area (Å²) >= 11 is 0. The van der Waals surface area contributed by atoms with Gasteiger partial charge in [0.2, 0.25) is 0 Å². The second kappa shape index (κ2) is 7.08. The fourth-order valence-corrected chi connectivity index (χ4v) is 2.00. The van der Waals surface area contributed by atoms with E-state index >= 15 is 0 Å². The van der Waals surface area contributed by atoms with Gasteiger partial charge in [-0.15, -0.1) is 0 Å². The van der Waals surface area contributed by atoms with E-state index in [2.05, 4.69) is 25.1 Å². The highest BCUT2D eigenvalue weighted by molar-refractivity contribution is 5.32. The smallest absolute Gasteiger partial charge is 0.184 e. The van der Waals surface area contributed by atoms with Gasteiger partial charge in [-0.1, -0.05) is 37.6 Å². The van der Waals surface area contributed by atoms with Crippen LogP contribution in [-0.2, 0) is 9.47 Å². The highest BCUT2D eigenvalue weighted by Crippen LogP contribution is 2.27. The zero-order valence-corrected chi connectivity index (χ0v) is 11.2. The van der Waals surface area contributed by atoms with Gasteiger partial charge >= 0.3 is 0 Å². The SMILES string of the molecule is CCCC=CC1CCOC(c2ccc(C#N)cc2)O1. The Balaban J connectivity index is 1.98. The van der Waals surface area contributed by atoms with Crippen LogP contribution in [0, 0.1) is 11.3 Å². The predicted octanol–water partition coefficient (Wildman–Crippen LogP) is 3.72. The zero-order valence-electron chi connectivity index (χ0n) is 11.2. The molecule has 0 saturated carbocycles. The summed E-state index contributed by atoms with van der Waals surface area (Å²) in [5.41, 5.74) is 1.62. The van der Waals surface area contributed by atoms with Crippen LogP contribution >= 0.6 is 0 Å². The number of ether oxygens (including phenoxy) is 2. The molecule has 1 fully saturated rings. The summed E-state index contributed by atoms with van der Waals surface area (Å²) in [6.07, 6.45) is 7.24. The summed E-state index contributed by atoms with van der Waals surface area (Å²) in [5.74, 6) is 0. The third-order valence-corrected chi connectivity index (χ3v) is 3.09. The number of unbranched alkanes of at least 4 members (excludes halogenated alkanes) is 1. The summed E-state index contributed by atoms with van der Waals surface area (Å²) in [4.78, 5) is 0. The first-order valence-electron chi connectivity index (χ1n) is 6.77. The van der Waals surface area contributed by atoms with E-state index in [1.54, 1.807) is 12.1 Å². The van der Waals surface area contributed by atoms with Gasteiger partial charge in [0, 0.05) is 12.0 Å². The molecule has 1 heterocycles. The van der Waals surface area contributed by atoms with Gasteiger partial charge < -0.3 is 9.47 Å². The van der Waals surface area contributed by atoms with Crippen molar-refractivity contribution < 1.29 is 9.47 Å².